The summed E-state index contributed by atoms with van der Waals surface area (Å²) < 4.78 is 4.64. The Bertz CT molecular complexity index is 937. The quantitative estimate of drug-likeness (QED) is 0.509. The molecule has 170 valence electrons. The number of benzene rings is 1. The molecule has 0 aromatic heterocycles. The number of rotatable bonds is 4. The molecule has 0 bridgehead atoms. The second kappa shape index (κ2) is 8.95. The summed E-state index contributed by atoms with van der Waals surface area (Å²) in [5.74, 6) is -2.57. The molecule has 0 saturated carbocycles. The minimum absolute atomic E-state index is 0.0417. The molecule has 3 saturated heterocycles. The number of aliphatic hydroxyl groups excluding tert-OH is 1. The lowest BCUT2D eigenvalue weighted by molar-refractivity contribution is -0.176. The number of fused-ring (bicyclic) bond motifs is 1. The van der Waals surface area contributed by atoms with Crippen molar-refractivity contribution in [3.63, 3.8) is 0 Å². The number of ether oxygens (including phenoxy) is 1. The zero-order chi connectivity index (χ0) is 22.8. The van der Waals surface area contributed by atoms with Crippen molar-refractivity contribution in [2.24, 2.45) is 0 Å². The van der Waals surface area contributed by atoms with Gasteiger partial charge in [-0.2, -0.15) is 0 Å². The van der Waals surface area contributed by atoms with Gasteiger partial charge >= 0.3 is 5.97 Å². The van der Waals surface area contributed by atoms with Crippen LogP contribution in [-0.4, -0.2) is 75.7 Å². The van der Waals surface area contributed by atoms with Gasteiger partial charge in [0, 0.05) is 18.5 Å². The highest BCUT2D eigenvalue weighted by Crippen LogP contribution is 2.26. The molecule has 4 rings (SSSR count). The lowest BCUT2D eigenvalue weighted by Gasteiger charge is -2.43. The van der Waals surface area contributed by atoms with Crippen molar-refractivity contribution >= 4 is 29.6 Å². The Balaban J connectivity index is 1.53. The van der Waals surface area contributed by atoms with Crippen molar-refractivity contribution in [2.75, 3.05) is 6.54 Å². The molecule has 3 aliphatic heterocycles. The molecule has 3 N–H and O–H groups in total. The summed E-state index contributed by atoms with van der Waals surface area (Å²) in [6.45, 7) is 0.279. The monoisotopic (exact) mass is 444 g/mol. The van der Waals surface area contributed by atoms with Gasteiger partial charge in [0.25, 0.3) is 11.8 Å². The first-order valence-electron chi connectivity index (χ1n) is 10.5. The van der Waals surface area contributed by atoms with E-state index in [2.05, 4.69) is 15.4 Å². The first kappa shape index (κ1) is 21.8. The van der Waals surface area contributed by atoms with Crippen LogP contribution in [0.3, 0.4) is 0 Å². The lowest BCUT2D eigenvalue weighted by Crippen LogP contribution is -2.64. The second-order valence-electron chi connectivity index (χ2n) is 7.99. The van der Waals surface area contributed by atoms with E-state index in [4.69, 9.17) is 0 Å². The number of hydrazine groups is 1. The van der Waals surface area contributed by atoms with Gasteiger partial charge in [0.1, 0.15) is 18.1 Å². The van der Waals surface area contributed by atoms with Gasteiger partial charge in [0.2, 0.25) is 18.1 Å². The summed E-state index contributed by atoms with van der Waals surface area (Å²) in [7, 11) is 0. The van der Waals surface area contributed by atoms with Crippen LogP contribution in [0.15, 0.2) is 30.3 Å². The van der Waals surface area contributed by atoms with Gasteiger partial charge in [-0.25, -0.2) is 5.01 Å². The molecular formula is C21H24N4O7. The van der Waals surface area contributed by atoms with Gasteiger partial charge < -0.3 is 20.5 Å². The molecule has 0 aliphatic carbocycles. The van der Waals surface area contributed by atoms with Crippen LogP contribution in [-0.2, 0) is 23.9 Å². The van der Waals surface area contributed by atoms with Crippen molar-refractivity contribution in [1.82, 2.24) is 20.7 Å². The summed E-state index contributed by atoms with van der Waals surface area (Å²) in [5.41, 5.74) is 0.376. The summed E-state index contributed by atoms with van der Waals surface area (Å²) in [4.78, 5) is 63.0. The zero-order valence-electron chi connectivity index (χ0n) is 17.2. The number of hydrogen-bond acceptors (Lipinski definition) is 7. The predicted octanol–water partition coefficient (Wildman–Crippen LogP) is -0.936. The highest BCUT2D eigenvalue weighted by molar-refractivity contribution is 5.99. The van der Waals surface area contributed by atoms with Gasteiger partial charge in [-0.1, -0.05) is 18.2 Å². The number of nitrogens with zero attached hydrogens (tertiary/aromatic N) is 2. The number of amides is 4. The Morgan fingerprint density at radius 2 is 1.81 bits per heavy atom. The molecule has 11 nitrogen and oxygen atoms in total. The molecule has 4 unspecified atom stereocenters. The van der Waals surface area contributed by atoms with Crippen LogP contribution in [0.2, 0.25) is 0 Å². The Morgan fingerprint density at radius 1 is 1.06 bits per heavy atom. The zero-order valence-corrected chi connectivity index (χ0v) is 17.2. The summed E-state index contributed by atoms with van der Waals surface area (Å²) in [6.07, 6.45) is -0.714. The molecule has 4 amide bonds. The number of nitrogens with one attached hydrogen (secondary N) is 2. The number of cyclic esters (lactones) is 1. The number of hydrogen-bond donors (Lipinski definition) is 3. The average molecular weight is 444 g/mol. The van der Waals surface area contributed by atoms with E-state index in [0.717, 1.165) is 5.01 Å². The van der Waals surface area contributed by atoms with Crippen molar-refractivity contribution in [3.8, 4) is 0 Å². The normalized spacial score (nSPS) is 28.0. The fraction of sp³-hybridized carbons (Fsp3) is 0.476. The maximum Gasteiger partial charge on any atom is 0.310 e. The first-order chi connectivity index (χ1) is 15.3. The van der Waals surface area contributed by atoms with E-state index >= 15 is 0 Å². The molecule has 3 heterocycles. The van der Waals surface area contributed by atoms with Crippen LogP contribution in [0.4, 0.5) is 0 Å². The maximum atomic E-state index is 13.4. The van der Waals surface area contributed by atoms with E-state index < -0.39 is 48.1 Å². The minimum Gasteiger partial charge on any atom is -0.434 e. The number of carbonyl (C=O) groups is 5. The van der Waals surface area contributed by atoms with Crippen LogP contribution in [0.5, 0.6) is 0 Å². The maximum absolute atomic E-state index is 13.4. The Morgan fingerprint density at radius 3 is 2.50 bits per heavy atom. The third-order valence-corrected chi connectivity index (χ3v) is 5.82. The molecule has 3 aliphatic rings. The minimum atomic E-state index is -1.47. The van der Waals surface area contributed by atoms with E-state index in [0.29, 0.717) is 18.4 Å². The molecule has 1 aromatic rings. The van der Waals surface area contributed by atoms with E-state index in [9.17, 15) is 29.1 Å². The van der Waals surface area contributed by atoms with Crippen LogP contribution >= 0.6 is 0 Å². The molecule has 4 atom stereocenters. The van der Waals surface area contributed by atoms with Crippen LogP contribution in [0.25, 0.3) is 0 Å². The van der Waals surface area contributed by atoms with E-state index in [1.165, 1.54) is 5.01 Å². The van der Waals surface area contributed by atoms with Gasteiger partial charge in [-0.15, -0.1) is 0 Å². The third-order valence-electron chi connectivity index (χ3n) is 5.82. The molecule has 32 heavy (non-hydrogen) atoms. The Hall–Kier alpha value is -3.47. The molecule has 11 heteroatoms. The average Bonchev–Trinajstić information content (AvgIpc) is 3.05. The van der Waals surface area contributed by atoms with Gasteiger partial charge in [-0.3, -0.25) is 29.0 Å². The van der Waals surface area contributed by atoms with Gasteiger partial charge in [0.15, 0.2) is 0 Å². The van der Waals surface area contributed by atoms with Crippen molar-refractivity contribution < 1.29 is 33.8 Å². The van der Waals surface area contributed by atoms with Gasteiger partial charge in [0.05, 0.1) is 6.42 Å². The highest BCUT2D eigenvalue weighted by atomic mass is 16.6. The summed E-state index contributed by atoms with van der Waals surface area (Å²) in [6, 6.07) is 5.46. The van der Waals surface area contributed by atoms with Crippen molar-refractivity contribution in [2.45, 2.75) is 56.5 Å². The van der Waals surface area contributed by atoms with E-state index in [1.807, 2.05) is 0 Å². The van der Waals surface area contributed by atoms with Crippen LogP contribution < -0.4 is 10.6 Å². The molecule has 3 fully saturated rings. The third kappa shape index (κ3) is 4.28. The Kier molecular flexibility index (Phi) is 6.08. The van der Waals surface area contributed by atoms with Crippen LogP contribution in [0.1, 0.15) is 42.5 Å². The van der Waals surface area contributed by atoms with Gasteiger partial charge in [-0.05, 0) is 31.4 Å². The topological polar surface area (TPSA) is 145 Å². The molecule has 0 radical (unpaired) electrons. The fourth-order valence-corrected chi connectivity index (χ4v) is 4.18. The standard InChI is InChI=1S/C21H24N4O7/c26-16-9-8-13(22-18(28)12-5-2-1-3-6-12)20(30)25-15(7-4-10-24(16)25)19(29)23-14-11-17(27)32-21(14)31/h1-3,5-6,13-15,21,31H,4,7-11H2,(H,22,28)(H,23,29). The largest absolute Gasteiger partial charge is 0.434 e. The summed E-state index contributed by atoms with van der Waals surface area (Å²) in [5, 5.41) is 17.4. The second-order valence-corrected chi connectivity index (χ2v) is 7.99. The predicted molar refractivity (Wildman–Crippen MR) is 107 cm³/mol. The van der Waals surface area contributed by atoms with E-state index in [-0.39, 0.29) is 31.7 Å². The summed E-state index contributed by atoms with van der Waals surface area (Å²) >= 11 is 0. The van der Waals surface area contributed by atoms with Crippen molar-refractivity contribution in [3.05, 3.63) is 35.9 Å². The number of esters is 1. The first-order valence-corrected chi connectivity index (χ1v) is 10.5. The fourth-order valence-electron chi connectivity index (χ4n) is 4.18. The smallest absolute Gasteiger partial charge is 0.310 e. The highest BCUT2D eigenvalue weighted by Gasteiger charge is 2.46. The number of aliphatic hydroxyl groups is 1. The molecule has 0 spiro atoms. The Labute approximate surface area is 183 Å². The SMILES string of the molecule is O=C1CC(NC(=O)C2CCCN3C(=O)CCC(NC(=O)c4ccccc4)C(=O)N23)C(O)O1. The molecule has 1 aromatic carbocycles. The van der Waals surface area contributed by atoms with Crippen molar-refractivity contribution in [1.29, 1.82) is 0 Å². The lowest BCUT2D eigenvalue weighted by atomic mass is 10.0. The number of carbonyl (C=O) groups excluding carboxylic acids is 5. The van der Waals surface area contributed by atoms with Crippen LogP contribution in [0, 0.1) is 0 Å². The molecular weight excluding hydrogens is 420 g/mol. The van der Waals surface area contributed by atoms with E-state index in [1.54, 1.807) is 30.3 Å².